The van der Waals surface area contributed by atoms with Gasteiger partial charge in [-0.1, -0.05) is 24.6 Å². The van der Waals surface area contributed by atoms with E-state index in [9.17, 15) is 4.79 Å². The predicted octanol–water partition coefficient (Wildman–Crippen LogP) is 4.59. The first-order valence-corrected chi connectivity index (χ1v) is 7.33. The molecular formula is C15H19Cl2NO. The topological polar surface area (TPSA) is 20.3 Å². The van der Waals surface area contributed by atoms with Gasteiger partial charge < -0.3 is 4.90 Å². The Kier molecular flexibility index (Phi) is 3.85. The van der Waals surface area contributed by atoms with Crippen LogP contribution in [0.5, 0.6) is 0 Å². The monoisotopic (exact) mass is 299 g/mol. The number of alkyl halides is 1. The third-order valence-corrected chi connectivity index (χ3v) is 4.16. The van der Waals surface area contributed by atoms with Crippen LogP contribution < -0.4 is 4.90 Å². The fraction of sp³-hybridized carbons (Fsp3) is 0.533. The number of carbonyl (C=O) groups is 1. The second-order valence-corrected chi connectivity index (χ2v) is 7.00. The maximum atomic E-state index is 12.4. The molecule has 1 amide bonds. The van der Waals surface area contributed by atoms with E-state index in [4.69, 9.17) is 23.2 Å². The highest BCUT2D eigenvalue weighted by Crippen LogP contribution is 2.44. The van der Waals surface area contributed by atoms with E-state index >= 15 is 0 Å². The van der Waals surface area contributed by atoms with E-state index in [2.05, 4.69) is 20.8 Å². The van der Waals surface area contributed by atoms with Crippen molar-refractivity contribution in [1.82, 2.24) is 0 Å². The minimum absolute atomic E-state index is 0.0675. The maximum absolute atomic E-state index is 12.4. The number of benzene rings is 1. The molecule has 2 atom stereocenters. The van der Waals surface area contributed by atoms with Crippen molar-refractivity contribution in [1.29, 1.82) is 0 Å². The molecule has 4 heteroatoms. The Hall–Kier alpha value is -0.730. The summed E-state index contributed by atoms with van der Waals surface area (Å²) in [5.41, 5.74) is 1.81. The molecule has 0 saturated heterocycles. The molecule has 1 aromatic rings. The van der Waals surface area contributed by atoms with E-state index < -0.39 is 5.38 Å². The van der Waals surface area contributed by atoms with E-state index in [1.807, 2.05) is 23.1 Å². The molecule has 1 aliphatic rings. The van der Waals surface area contributed by atoms with Crippen LogP contribution in [-0.2, 0) is 4.79 Å². The average molecular weight is 300 g/mol. The molecule has 0 fully saturated rings. The molecule has 1 aromatic carbocycles. The molecule has 0 radical (unpaired) electrons. The number of hydrogen-bond donors (Lipinski definition) is 0. The lowest BCUT2D eigenvalue weighted by molar-refractivity contribution is -0.119. The normalized spacial score (nSPS) is 22.8. The highest BCUT2D eigenvalue weighted by molar-refractivity contribution is 6.33. The molecule has 2 nitrogen and oxygen atoms in total. The van der Waals surface area contributed by atoms with Crippen molar-refractivity contribution in [2.45, 2.75) is 50.9 Å². The number of nitrogens with zero attached hydrogens (tertiary/aromatic N) is 1. The highest BCUT2D eigenvalue weighted by Gasteiger charge is 2.40. The van der Waals surface area contributed by atoms with Crippen LogP contribution in [0, 0.1) is 0 Å². The molecule has 0 bridgehead atoms. The molecule has 0 unspecified atom stereocenters. The first kappa shape index (κ1) is 14.7. The summed E-state index contributed by atoms with van der Waals surface area (Å²) in [7, 11) is 0. The zero-order chi connectivity index (χ0) is 14.4. The van der Waals surface area contributed by atoms with Gasteiger partial charge in [0.1, 0.15) is 5.38 Å². The number of anilines is 1. The summed E-state index contributed by atoms with van der Waals surface area (Å²) in [6, 6.07) is 5.75. The molecule has 0 saturated carbocycles. The van der Waals surface area contributed by atoms with Crippen LogP contribution in [0.1, 0.15) is 45.6 Å². The summed E-state index contributed by atoms with van der Waals surface area (Å²) in [6.45, 7) is 8.04. The molecule has 1 aliphatic heterocycles. The van der Waals surface area contributed by atoms with Crippen molar-refractivity contribution < 1.29 is 4.79 Å². The number of amides is 1. The molecule has 0 aliphatic carbocycles. The zero-order valence-corrected chi connectivity index (χ0v) is 13.2. The second kappa shape index (κ2) is 4.99. The third-order valence-electron chi connectivity index (χ3n) is 3.74. The van der Waals surface area contributed by atoms with Gasteiger partial charge in [0.25, 0.3) is 0 Å². The van der Waals surface area contributed by atoms with Crippen molar-refractivity contribution in [2.24, 2.45) is 0 Å². The highest BCUT2D eigenvalue weighted by atomic mass is 35.5. The van der Waals surface area contributed by atoms with Crippen molar-refractivity contribution in [3.63, 3.8) is 0 Å². The lowest BCUT2D eigenvalue weighted by atomic mass is 9.80. The number of carbonyl (C=O) groups excluding carboxylic acids is 1. The molecule has 104 valence electrons. The summed E-state index contributed by atoms with van der Waals surface area (Å²) >= 11 is 12.1. The van der Waals surface area contributed by atoms with Crippen LogP contribution in [0.3, 0.4) is 0 Å². The minimum Gasteiger partial charge on any atom is -0.305 e. The number of rotatable bonds is 1. The van der Waals surface area contributed by atoms with Crippen molar-refractivity contribution in [2.75, 3.05) is 4.90 Å². The standard InChI is InChI=1S/C15H19Cl2NO/c1-9-8-15(3,4)18(14(19)10(2)16)13-7-11(17)5-6-12(9)13/h5-7,9-10H,8H2,1-4H3/t9-,10+/m0/s1. The fourth-order valence-corrected chi connectivity index (χ4v) is 3.26. The van der Waals surface area contributed by atoms with E-state index in [0.717, 1.165) is 17.7 Å². The summed E-state index contributed by atoms with van der Waals surface area (Å²) in [5, 5.41) is 0.100. The summed E-state index contributed by atoms with van der Waals surface area (Å²) in [6.07, 6.45) is 0.914. The zero-order valence-electron chi connectivity index (χ0n) is 11.7. The molecule has 0 spiro atoms. The molecular weight excluding hydrogens is 281 g/mol. The van der Waals surface area contributed by atoms with E-state index in [0.29, 0.717) is 10.9 Å². The maximum Gasteiger partial charge on any atom is 0.245 e. The van der Waals surface area contributed by atoms with Gasteiger partial charge in [-0.3, -0.25) is 4.79 Å². The second-order valence-electron chi connectivity index (χ2n) is 5.91. The number of hydrogen-bond acceptors (Lipinski definition) is 1. The summed E-state index contributed by atoms with van der Waals surface area (Å²) < 4.78 is 0. The molecule has 0 aromatic heterocycles. The Morgan fingerprint density at radius 3 is 2.68 bits per heavy atom. The van der Waals surface area contributed by atoms with E-state index in [-0.39, 0.29) is 11.4 Å². The van der Waals surface area contributed by atoms with Crippen molar-refractivity contribution in [3.8, 4) is 0 Å². The molecule has 1 heterocycles. The van der Waals surface area contributed by atoms with Gasteiger partial charge in [-0.2, -0.15) is 0 Å². The first-order valence-electron chi connectivity index (χ1n) is 6.51. The average Bonchev–Trinajstić information content (AvgIpc) is 2.26. The van der Waals surface area contributed by atoms with Gasteiger partial charge in [-0.25, -0.2) is 0 Å². The number of halogens is 2. The molecule has 19 heavy (non-hydrogen) atoms. The largest absolute Gasteiger partial charge is 0.305 e. The van der Waals surface area contributed by atoms with Gasteiger partial charge in [0.15, 0.2) is 0 Å². The number of fused-ring (bicyclic) bond motifs is 1. The van der Waals surface area contributed by atoms with Gasteiger partial charge >= 0.3 is 0 Å². The van der Waals surface area contributed by atoms with Crippen molar-refractivity contribution >= 4 is 34.8 Å². The quantitative estimate of drug-likeness (QED) is 0.695. The Balaban J connectivity index is 2.60. The van der Waals surface area contributed by atoms with Crippen LogP contribution in [0.4, 0.5) is 5.69 Å². The predicted molar refractivity (Wildman–Crippen MR) is 81.4 cm³/mol. The summed E-state index contributed by atoms with van der Waals surface area (Å²) in [4.78, 5) is 14.3. The smallest absolute Gasteiger partial charge is 0.245 e. The van der Waals surface area contributed by atoms with Crippen LogP contribution in [-0.4, -0.2) is 16.8 Å². The lowest BCUT2D eigenvalue weighted by Crippen LogP contribution is -2.53. The van der Waals surface area contributed by atoms with Crippen LogP contribution in [0.15, 0.2) is 18.2 Å². The Morgan fingerprint density at radius 1 is 1.47 bits per heavy atom. The fourth-order valence-electron chi connectivity index (χ4n) is 3.00. The van der Waals surface area contributed by atoms with Gasteiger partial charge in [-0.15, -0.1) is 11.6 Å². The molecule has 2 rings (SSSR count). The van der Waals surface area contributed by atoms with Crippen molar-refractivity contribution in [3.05, 3.63) is 28.8 Å². The minimum atomic E-state index is -0.542. The van der Waals surface area contributed by atoms with E-state index in [1.165, 1.54) is 0 Å². The van der Waals surface area contributed by atoms with Crippen LogP contribution in [0.2, 0.25) is 5.02 Å². The van der Waals surface area contributed by atoms with Gasteiger partial charge in [0.2, 0.25) is 5.91 Å². The Morgan fingerprint density at radius 2 is 2.11 bits per heavy atom. The van der Waals surface area contributed by atoms with Gasteiger partial charge in [0.05, 0.1) is 0 Å². The first-order chi connectivity index (χ1) is 8.74. The Bertz CT molecular complexity index is 511. The summed E-state index contributed by atoms with van der Waals surface area (Å²) in [5.74, 6) is 0.332. The van der Waals surface area contributed by atoms with Gasteiger partial charge in [-0.05, 0) is 50.8 Å². The van der Waals surface area contributed by atoms with Gasteiger partial charge in [0, 0.05) is 16.2 Å². The molecule has 0 N–H and O–H groups in total. The lowest BCUT2D eigenvalue weighted by Gasteiger charge is -2.46. The van der Waals surface area contributed by atoms with Crippen LogP contribution >= 0.6 is 23.2 Å². The van der Waals surface area contributed by atoms with Crippen LogP contribution in [0.25, 0.3) is 0 Å². The van der Waals surface area contributed by atoms with E-state index in [1.54, 1.807) is 6.92 Å². The Labute approximate surface area is 124 Å². The third kappa shape index (κ3) is 2.61. The SMILES string of the molecule is C[C@@H](Cl)C(=O)N1c2cc(Cl)ccc2[C@@H](C)CC1(C)C.